The van der Waals surface area contributed by atoms with Gasteiger partial charge in [-0.05, 0) is 26.2 Å². The minimum atomic E-state index is -0.595. The van der Waals surface area contributed by atoms with Gasteiger partial charge in [-0.15, -0.1) is 5.73 Å². The maximum Gasteiger partial charge on any atom is 0.0902 e. The third-order valence-electron chi connectivity index (χ3n) is 1.95. The monoisotopic (exact) mass is 124 g/mol. The molecule has 0 radical (unpaired) electrons. The number of aliphatic hydroxyl groups is 1. The van der Waals surface area contributed by atoms with Gasteiger partial charge >= 0.3 is 0 Å². The molecule has 0 aromatic carbocycles. The SMILES string of the molecule is C=C=C1CCC[C@@]1(C)O. The number of hydrogen-bond acceptors (Lipinski definition) is 1. The molecule has 50 valence electrons. The fourth-order valence-electron chi connectivity index (χ4n) is 1.31. The van der Waals surface area contributed by atoms with Crippen molar-refractivity contribution >= 4 is 0 Å². The molecule has 1 rings (SSSR count). The Morgan fingerprint density at radius 3 is 2.67 bits per heavy atom. The van der Waals surface area contributed by atoms with Crippen molar-refractivity contribution in [2.24, 2.45) is 0 Å². The van der Waals surface area contributed by atoms with Crippen LogP contribution in [0, 0.1) is 0 Å². The predicted octanol–water partition coefficient (Wildman–Crippen LogP) is 1.63. The average molecular weight is 124 g/mol. The molecule has 0 aromatic heterocycles. The van der Waals surface area contributed by atoms with Crippen molar-refractivity contribution < 1.29 is 5.11 Å². The molecule has 0 saturated heterocycles. The lowest BCUT2D eigenvalue weighted by Gasteiger charge is -2.15. The van der Waals surface area contributed by atoms with Gasteiger partial charge in [0.2, 0.25) is 0 Å². The van der Waals surface area contributed by atoms with E-state index in [-0.39, 0.29) is 0 Å². The van der Waals surface area contributed by atoms with Crippen LogP contribution in [0.25, 0.3) is 0 Å². The van der Waals surface area contributed by atoms with Crippen LogP contribution < -0.4 is 0 Å². The molecule has 1 atom stereocenters. The zero-order valence-corrected chi connectivity index (χ0v) is 5.78. The van der Waals surface area contributed by atoms with E-state index >= 15 is 0 Å². The third-order valence-corrected chi connectivity index (χ3v) is 1.95. The molecule has 0 amide bonds. The van der Waals surface area contributed by atoms with Gasteiger partial charge in [0, 0.05) is 5.57 Å². The van der Waals surface area contributed by atoms with Crippen LogP contribution in [-0.2, 0) is 0 Å². The van der Waals surface area contributed by atoms with E-state index in [0.29, 0.717) is 0 Å². The largest absolute Gasteiger partial charge is 0.385 e. The van der Waals surface area contributed by atoms with Gasteiger partial charge < -0.3 is 5.11 Å². The highest BCUT2D eigenvalue weighted by Gasteiger charge is 2.30. The van der Waals surface area contributed by atoms with Gasteiger partial charge in [-0.2, -0.15) is 0 Å². The summed E-state index contributed by atoms with van der Waals surface area (Å²) in [6, 6.07) is 0. The van der Waals surface area contributed by atoms with Crippen LogP contribution in [0.2, 0.25) is 0 Å². The summed E-state index contributed by atoms with van der Waals surface area (Å²) in [4.78, 5) is 0. The molecule has 0 heterocycles. The molecule has 1 fully saturated rings. The molecular weight excluding hydrogens is 112 g/mol. The van der Waals surface area contributed by atoms with Gasteiger partial charge in [0.15, 0.2) is 0 Å². The van der Waals surface area contributed by atoms with E-state index in [4.69, 9.17) is 0 Å². The summed E-state index contributed by atoms with van der Waals surface area (Å²) < 4.78 is 0. The fourth-order valence-corrected chi connectivity index (χ4v) is 1.31. The van der Waals surface area contributed by atoms with Gasteiger partial charge in [-0.3, -0.25) is 0 Å². The van der Waals surface area contributed by atoms with Crippen LogP contribution in [-0.4, -0.2) is 10.7 Å². The predicted molar refractivity (Wildman–Crippen MR) is 37.1 cm³/mol. The second-order valence-electron chi connectivity index (χ2n) is 2.78. The maximum atomic E-state index is 9.51. The zero-order chi connectivity index (χ0) is 6.91. The van der Waals surface area contributed by atoms with Crippen LogP contribution in [0.4, 0.5) is 0 Å². The summed E-state index contributed by atoms with van der Waals surface area (Å²) in [5, 5.41) is 9.51. The zero-order valence-electron chi connectivity index (χ0n) is 5.78. The summed E-state index contributed by atoms with van der Waals surface area (Å²) in [6.45, 7) is 5.34. The Kier molecular flexibility index (Phi) is 1.48. The lowest BCUT2D eigenvalue weighted by Crippen LogP contribution is -2.20. The molecule has 1 nitrogen and oxygen atoms in total. The van der Waals surface area contributed by atoms with Crippen molar-refractivity contribution in [3.05, 3.63) is 17.9 Å². The van der Waals surface area contributed by atoms with E-state index in [0.717, 1.165) is 24.8 Å². The Balaban J connectivity index is 2.87. The Hall–Kier alpha value is -0.520. The highest BCUT2D eigenvalue weighted by Crippen LogP contribution is 2.33. The van der Waals surface area contributed by atoms with Gasteiger partial charge in [0.25, 0.3) is 0 Å². The van der Waals surface area contributed by atoms with E-state index in [1.807, 2.05) is 6.92 Å². The Morgan fingerprint density at radius 2 is 2.44 bits per heavy atom. The van der Waals surface area contributed by atoms with E-state index in [9.17, 15) is 5.11 Å². The Bertz CT molecular complexity index is 161. The molecule has 9 heavy (non-hydrogen) atoms. The van der Waals surface area contributed by atoms with E-state index < -0.39 is 5.60 Å². The standard InChI is InChI=1S/C8H12O/c1-3-7-5-4-6-8(7,2)9/h9H,1,4-6H2,2H3/t8-/m1/s1. The fraction of sp³-hybridized carbons (Fsp3) is 0.625. The second-order valence-corrected chi connectivity index (χ2v) is 2.78. The molecule has 1 saturated carbocycles. The smallest absolute Gasteiger partial charge is 0.0902 e. The molecule has 0 aromatic rings. The van der Waals surface area contributed by atoms with Crippen molar-refractivity contribution in [3.8, 4) is 0 Å². The van der Waals surface area contributed by atoms with Crippen molar-refractivity contribution in [2.45, 2.75) is 31.8 Å². The minimum absolute atomic E-state index is 0.595. The topological polar surface area (TPSA) is 20.2 Å². The summed E-state index contributed by atoms with van der Waals surface area (Å²) in [7, 11) is 0. The molecule has 1 N–H and O–H groups in total. The van der Waals surface area contributed by atoms with Gasteiger partial charge in [0.05, 0.1) is 5.60 Å². The molecule has 0 unspecified atom stereocenters. The minimum Gasteiger partial charge on any atom is -0.385 e. The summed E-state index contributed by atoms with van der Waals surface area (Å²) in [6.07, 6.45) is 2.91. The van der Waals surface area contributed by atoms with Crippen LogP contribution in [0.1, 0.15) is 26.2 Å². The molecule has 1 aliphatic rings. The van der Waals surface area contributed by atoms with Crippen LogP contribution in [0.15, 0.2) is 17.9 Å². The lowest BCUT2D eigenvalue weighted by molar-refractivity contribution is 0.106. The first-order valence-electron chi connectivity index (χ1n) is 3.28. The third kappa shape index (κ3) is 1.07. The van der Waals surface area contributed by atoms with Crippen LogP contribution in [0.5, 0.6) is 0 Å². The van der Waals surface area contributed by atoms with Crippen LogP contribution in [0.3, 0.4) is 0 Å². The molecule has 0 aliphatic heterocycles. The first kappa shape index (κ1) is 6.60. The van der Waals surface area contributed by atoms with E-state index in [1.54, 1.807) is 0 Å². The molecule has 1 aliphatic carbocycles. The number of rotatable bonds is 0. The van der Waals surface area contributed by atoms with E-state index in [1.165, 1.54) is 0 Å². The van der Waals surface area contributed by atoms with E-state index in [2.05, 4.69) is 12.3 Å². The first-order valence-corrected chi connectivity index (χ1v) is 3.28. The molecular formula is C8H12O. The normalized spacial score (nSPS) is 34.7. The molecule has 0 bridgehead atoms. The first-order chi connectivity index (χ1) is 4.17. The highest BCUT2D eigenvalue weighted by molar-refractivity contribution is 5.17. The van der Waals surface area contributed by atoms with Gasteiger partial charge in [0.1, 0.15) is 0 Å². The van der Waals surface area contributed by atoms with Crippen LogP contribution >= 0.6 is 0 Å². The van der Waals surface area contributed by atoms with Crippen molar-refractivity contribution in [1.82, 2.24) is 0 Å². The summed E-state index contributed by atoms with van der Waals surface area (Å²) >= 11 is 0. The van der Waals surface area contributed by atoms with Crippen molar-refractivity contribution in [1.29, 1.82) is 0 Å². The maximum absolute atomic E-state index is 9.51. The average Bonchev–Trinajstić information content (AvgIpc) is 2.08. The Morgan fingerprint density at radius 1 is 1.78 bits per heavy atom. The Labute approximate surface area is 55.7 Å². The van der Waals surface area contributed by atoms with Gasteiger partial charge in [-0.25, -0.2) is 0 Å². The second kappa shape index (κ2) is 2.02. The molecule has 0 spiro atoms. The lowest BCUT2D eigenvalue weighted by atomic mass is 10.0. The highest BCUT2D eigenvalue weighted by atomic mass is 16.3. The quantitative estimate of drug-likeness (QED) is 0.487. The molecule has 1 heteroatoms. The van der Waals surface area contributed by atoms with Crippen molar-refractivity contribution in [3.63, 3.8) is 0 Å². The number of hydrogen-bond donors (Lipinski definition) is 1. The van der Waals surface area contributed by atoms with Gasteiger partial charge in [-0.1, -0.05) is 6.58 Å². The summed E-state index contributed by atoms with van der Waals surface area (Å²) in [5.74, 6) is 0. The summed E-state index contributed by atoms with van der Waals surface area (Å²) in [5.41, 5.74) is 3.15. The van der Waals surface area contributed by atoms with Crippen molar-refractivity contribution in [2.75, 3.05) is 0 Å².